The molecule has 1 heterocycles. The van der Waals surface area contributed by atoms with E-state index in [1.807, 2.05) is 29.1 Å². The summed E-state index contributed by atoms with van der Waals surface area (Å²) < 4.78 is 1.97. The van der Waals surface area contributed by atoms with Gasteiger partial charge in [-0.05, 0) is 25.3 Å². The van der Waals surface area contributed by atoms with E-state index in [-0.39, 0.29) is 0 Å². The van der Waals surface area contributed by atoms with Crippen molar-refractivity contribution in [2.45, 2.75) is 40.0 Å². The van der Waals surface area contributed by atoms with E-state index >= 15 is 0 Å². The molecule has 0 saturated heterocycles. The van der Waals surface area contributed by atoms with Crippen molar-refractivity contribution in [1.29, 1.82) is 0 Å². The Kier molecular flexibility index (Phi) is 6.06. The van der Waals surface area contributed by atoms with E-state index in [0.717, 1.165) is 30.5 Å². The SMILES string of the molecule is CCC=Cc1cn(C=CCC)c(C=CCC)c1O. The zero-order chi connectivity index (χ0) is 13.4. The van der Waals surface area contributed by atoms with Gasteiger partial charge in [0.1, 0.15) is 5.75 Å². The first-order valence-corrected chi connectivity index (χ1v) is 6.68. The van der Waals surface area contributed by atoms with Gasteiger partial charge < -0.3 is 9.67 Å². The molecule has 0 amide bonds. The lowest BCUT2D eigenvalue weighted by Crippen LogP contribution is -1.86. The second kappa shape index (κ2) is 7.59. The van der Waals surface area contributed by atoms with Crippen LogP contribution in [-0.2, 0) is 0 Å². The second-order valence-electron chi connectivity index (χ2n) is 4.14. The normalized spacial score (nSPS) is 12.4. The van der Waals surface area contributed by atoms with Gasteiger partial charge in [0.15, 0.2) is 0 Å². The highest BCUT2D eigenvalue weighted by Gasteiger charge is 2.09. The summed E-state index contributed by atoms with van der Waals surface area (Å²) in [6.07, 6.45) is 17.0. The highest BCUT2D eigenvalue weighted by Crippen LogP contribution is 2.28. The van der Waals surface area contributed by atoms with Crippen LogP contribution in [0.1, 0.15) is 51.3 Å². The molecule has 0 radical (unpaired) electrons. The van der Waals surface area contributed by atoms with Gasteiger partial charge in [-0.3, -0.25) is 0 Å². The lowest BCUT2D eigenvalue weighted by Gasteiger charge is -1.98. The monoisotopic (exact) mass is 245 g/mol. The maximum atomic E-state index is 10.2. The van der Waals surface area contributed by atoms with E-state index in [9.17, 15) is 5.11 Å². The van der Waals surface area contributed by atoms with Crippen molar-refractivity contribution in [3.05, 3.63) is 35.7 Å². The van der Waals surface area contributed by atoms with Crippen LogP contribution in [0.4, 0.5) is 0 Å². The molecule has 98 valence electrons. The summed E-state index contributed by atoms with van der Waals surface area (Å²) in [5.41, 5.74) is 1.71. The van der Waals surface area contributed by atoms with E-state index in [2.05, 4.69) is 39.0 Å². The molecule has 0 saturated carbocycles. The second-order valence-corrected chi connectivity index (χ2v) is 4.14. The molecule has 1 aromatic heterocycles. The molecule has 0 unspecified atom stereocenters. The third-order valence-corrected chi connectivity index (χ3v) is 2.62. The van der Waals surface area contributed by atoms with Crippen molar-refractivity contribution >= 4 is 18.4 Å². The third-order valence-electron chi connectivity index (χ3n) is 2.62. The summed E-state index contributed by atoms with van der Waals surface area (Å²) in [6.45, 7) is 6.26. The predicted octanol–water partition coefficient (Wildman–Crippen LogP) is 4.92. The largest absolute Gasteiger partial charge is 0.505 e. The van der Waals surface area contributed by atoms with Crippen LogP contribution in [0.25, 0.3) is 18.4 Å². The Morgan fingerprint density at radius 1 is 1.00 bits per heavy atom. The fraction of sp³-hybridized carbons (Fsp3) is 0.375. The maximum absolute atomic E-state index is 10.2. The minimum absolute atomic E-state index is 0.352. The molecule has 0 aromatic carbocycles. The van der Waals surface area contributed by atoms with Gasteiger partial charge in [-0.15, -0.1) is 0 Å². The van der Waals surface area contributed by atoms with E-state index in [0.29, 0.717) is 5.75 Å². The fourth-order valence-corrected chi connectivity index (χ4v) is 1.65. The number of hydrogen-bond acceptors (Lipinski definition) is 1. The Balaban J connectivity index is 3.17. The van der Waals surface area contributed by atoms with Crippen LogP contribution in [0.5, 0.6) is 5.75 Å². The van der Waals surface area contributed by atoms with Crippen molar-refractivity contribution in [1.82, 2.24) is 4.57 Å². The maximum Gasteiger partial charge on any atom is 0.148 e. The van der Waals surface area contributed by atoms with Gasteiger partial charge in [-0.2, -0.15) is 0 Å². The van der Waals surface area contributed by atoms with Crippen LogP contribution < -0.4 is 0 Å². The summed E-state index contributed by atoms with van der Waals surface area (Å²) in [5.74, 6) is 0.352. The van der Waals surface area contributed by atoms with Crippen molar-refractivity contribution in [2.75, 3.05) is 0 Å². The molecule has 2 heteroatoms. The first-order valence-electron chi connectivity index (χ1n) is 6.68. The Hall–Kier alpha value is -1.70. The molecule has 18 heavy (non-hydrogen) atoms. The fourth-order valence-electron chi connectivity index (χ4n) is 1.65. The Morgan fingerprint density at radius 3 is 2.22 bits per heavy atom. The first kappa shape index (κ1) is 14.4. The average Bonchev–Trinajstić information content (AvgIpc) is 2.68. The molecular formula is C16H23NO. The van der Waals surface area contributed by atoms with Crippen LogP contribution in [0, 0.1) is 0 Å². The van der Waals surface area contributed by atoms with Gasteiger partial charge in [-0.1, -0.05) is 45.1 Å². The molecule has 0 aliphatic rings. The number of rotatable bonds is 6. The molecular weight excluding hydrogens is 222 g/mol. The summed E-state index contributed by atoms with van der Waals surface area (Å²) in [4.78, 5) is 0. The van der Waals surface area contributed by atoms with Crippen molar-refractivity contribution in [3.8, 4) is 5.75 Å². The number of aromatic nitrogens is 1. The quantitative estimate of drug-likeness (QED) is 0.756. The van der Waals surface area contributed by atoms with Crippen molar-refractivity contribution in [3.63, 3.8) is 0 Å². The Bertz CT molecular complexity index is 450. The molecule has 1 aromatic rings. The lowest BCUT2D eigenvalue weighted by molar-refractivity contribution is 0.473. The smallest absolute Gasteiger partial charge is 0.148 e. The molecule has 0 fully saturated rings. The summed E-state index contributed by atoms with van der Waals surface area (Å²) >= 11 is 0. The van der Waals surface area contributed by atoms with E-state index < -0.39 is 0 Å². The van der Waals surface area contributed by atoms with Crippen LogP contribution >= 0.6 is 0 Å². The van der Waals surface area contributed by atoms with Crippen LogP contribution in [0.15, 0.2) is 24.4 Å². The first-order chi connectivity index (χ1) is 8.74. The van der Waals surface area contributed by atoms with Crippen LogP contribution in [0.2, 0.25) is 0 Å². The molecule has 0 bridgehead atoms. The molecule has 0 aliphatic heterocycles. The van der Waals surface area contributed by atoms with Gasteiger partial charge >= 0.3 is 0 Å². The zero-order valence-corrected chi connectivity index (χ0v) is 11.6. The van der Waals surface area contributed by atoms with E-state index in [1.54, 1.807) is 0 Å². The third kappa shape index (κ3) is 3.66. The molecule has 2 nitrogen and oxygen atoms in total. The highest BCUT2D eigenvalue weighted by atomic mass is 16.3. The summed E-state index contributed by atoms with van der Waals surface area (Å²) in [7, 11) is 0. The number of hydrogen-bond donors (Lipinski definition) is 1. The average molecular weight is 245 g/mol. The van der Waals surface area contributed by atoms with Gasteiger partial charge in [-0.25, -0.2) is 0 Å². The molecule has 0 aliphatic carbocycles. The van der Waals surface area contributed by atoms with Gasteiger partial charge in [0.2, 0.25) is 0 Å². The number of nitrogens with zero attached hydrogens (tertiary/aromatic N) is 1. The predicted molar refractivity (Wildman–Crippen MR) is 80.4 cm³/mol. The van der Waals surface area contributed by atoms with Crippen LogP contribution in [-0.4, -0.2) is 9.67 Å². The summed E-state index contributed by atoms with van der Waals surface area (Å²) in [5, 5.41) is 10.2. The van der Waals surface area contributed by atoms with E-state index in [4.69, 9.17) is 0 Å². The molecule has 1 N–H and O–H groups in total. The minimum Gasteiger partial charge on any atom is -0.505 e. The van der Waals surface area contributed by atoms with Gasteiger partial charge in [0.05, 0.1) is 5.69 Å². The topological polar surface area (TPSA) is 25.2 Å². The zero-order valence-electron chi connectivity index (χ0n) is 11.6. The lowest BCUT2D eigenvalue weighted by atomic mass is 10.2. The molecule has 0 atom stereocenters. The Labute approximate surface area is 110 Å². The number of aromatic hydroxyl groups is 1. The Morgan fingerprint density at radius 2 is 1.61 bits per heavy atom. The molecule has 1 rings (SSSR count). The van der Waals surface area contributed by atoms with Crippen LogP contribution in [0.3, 0.4) is 0 Å². The number of allylic oxidation sites excluding steroid dienone is 3. The minimum atomic E-state index is 0.352. The molecule has 0 spiro atoms. The highest BCUT2D eigenvalue weighted by molar-refractivity contribution is 5.68. The summed E-state index contributed by atoms with van der Waals surface area (Å²) in [6, 6.07) is 0. The van der Waals surface area contributed by atoms with Gasteiger partial charge in [0, 0.05) is 18.0 Å². The standard InChI is InChI=1S/C16H23NO/c1-4-7-10-14-13-17(12-9-6-3)15(16(14)18)11-8-5-2/h7-13,18H,4-6H2,1-3H3. The van der Waals surface area contributed by atoms with Crippen molar-refractivity contribution in [2.24, 2.45) is 0 Å². The van der Waals surface area contributed by atoms with E-state index in [1.165, 1.54) is 0 Å². The van der Waals surface area contributed by atoms with Crippen molar-refractivity contribution < 1.29 is 5.11 Å². The van der Waals surface area contributed by atoms with Gasteiger partial charge in [0.25, 0.3) is 0 Å².